The third-order valence-corrected chi connectivity index (χ3v) is 4.03. The average molecular weight is 304 g/mol. The van der Waals surface area contributed by atoms with Gasteiger partial charge in [-0.1, -0.05) is 43.2 Å². The lowest BCUT2D eigenvalue weighted by Crippen LogP contribution is -2.48. The highest BCUT2D eigenvalue weighted by atomic mass is 16.5. The van der Waals surface area contributed by atoms with Crippen LogP contribution in [0.1, 0.15) is 44.3 Å². The van der Waals surface area contributed by atoms with Gasteiger partial charge in [-0.15, -0.1) is 0 Å². The van der Waals surface area contributed by atoms with Gasteiger partial charge in [-0.3, -0.25) is 9.59 Å². The lowest BCUT2D eigenvalue weighted by molar-refractivity contribution is -0.135. The number of methoxy groups -OCH3 is 1. The van der Waals surface area contributed by atoms with Crippen molar-refractivity contribution in [2.45, 2.75) is 50.8 Å². The summed E-state index contributed by atoms with van der Waals surface area (Å²) in [6.45, 7) is 1.69. The summed E-state index contributed by atoms with van der Waals surface area (Å²) in [7, 11) is 1.49. The molecule has 0 aromatic heterocycles. The number of amides is 2. The van der Waals surface area contributed by atoms with Crippen molar-refractivity contribution in [1.82, 2.24) is 10.6 Å². The van der Waals surface area contributed by atoms with Crippen molar-refractivity contribution >= 4 is 11.8 Å². The van der Waals surface area contributed by atoms with E-state index in [-0.39, 0.29) is 17.9 Å². The number of rotatable bonds is 6. The van der Waals surface area contributed by atoms with Gasteiger partial charge in [-0.05, 0) is 25.3 Å². The van der Waals surface area contributed by atoms with Crippen molar-refractivity contribution in [1.29, 1.82) is 0 Å². The predicted octanol–water partition coefficient (Wildman–Crippen LogP) is 1.94. The van der Waals surface area contributed by atoms with E-state index in [9.17, 15) is 9.59 Å². The van der Waals surface area contributed by atoms with Gasteiger partial charge >= 0.3 is 0 Å². The van der Waals surface area contributed by atoms with Crippen LogP contribution in [0.4, 0.5) is 0 Å². The smallest absolute Gasteiger partial charge is 0.254 e. The van der Waals surface area contributed by atoms with Gasteiger partial charge < -0.3 is 15.4 Å². The quantitative estimate of drug-likeness (QED) is 0.844. The molecule has 5 nitrogen and oxygen atoms in total. The number of ether oxygens (including phenoxy) is 1. The van der Waals surface area contributed by atoms with Crippen molar-refractivity contribution in [3.8, 4) is 0 Å². The van der Waals surface area contributed by atoms with Gasteiger partial charge in [0.2, 0.25) is 5.91 Å². The maximum atomic E-state index is 12.3. The van der Waals surface area contributed by atoms with E-state index >= 15 is 0 Å². The van der Waals surface area contributed by atoms with Gasteiger partial charge in [0.15, 0.2) is 6.10 Å². The second kappa shape index (κ2) is 7.94. The normalized spacial score (nSPS) is 17.7. The van der Waals surface area contributed by atoms with E-state index < -0.39 is 12.1 Å². The van der Waals surface area contributed by atoms with Crippen LogP contribution in [0.2, 0.25) is 0 Å². The van der Waals surface area contributed by atoms with E-state index in [1.54, 1.807) is 6.92 Å². The Bertz CT molecular complexity index is 498. The lowest BCUT2D eigenvalue weighted by atomic mass is 10.1. The molecule has 2 atom stereocenters. The van der Waals surface area contributed by atoms with Crippen molar-refractivity contribution in [3.05, 3.63) is 35.9 Å². The largest absolute Gasteiger partial charge is 0.367 e. The molecule has 1 aromatic carbocycles. The Balaban J connectivity index is 1.90. The predicted molar refractivity (Wildman–Crippen MR) is 84.2 cm³/mol. The van der Waals surface area contributed by atoms with Gasteiger partial charge in [-0.25, -0.2) is 0 Å². The van der Waals surface area contributed by atoms with Crippen LogP contribution in [0.3, 0.4) is 0 Å². The highest BCUT2D eigenvalue weighted by Crippen LogP contribution is 2.18. The fourth-order valence-corrected chi connectivity index (χ4v) is 2.77. The Morgan fingerprint density at radius 2 is 1.77 bits per heavy atom. The summed E-state index contributed by atoms with van der Waals surface area (Å²) in [4.78, 5) is 24.4. The summed E-state index contributed by atoms with van der Waals surface area (Å²) in [5.74, 6) is -0.439. The Labute approximate surface area is 131 Å². The number of carbonyl (C=O) groups excluding carboxylic acids is 2. The van der Waals surface area contributed by atoms with Gasteiger partial charge in [-0.2, -0.15) is 0 Å². The second-order valence-electron chi connectivity index (χ2n) is 5.75. The zero-order chi connectivity index (χ0) is 15.9. The zero-order valence-corrected chi connectivity index (χ0v) is 13.2. The van der Waals surface area contributed by atoms with E-state index in [0.717, 1.165) is 31.2 Å². The van der Waals surface area contributed by atoms with Crippen LogP contribution in [-0.2, 0) is 14.3 Å². The van der Waals surface area contributed by atoms with Crippen LogP contribution in [0.25, 0.3) is 0 Å². The molecule has 1 fully saturated rings. The molecule has 0 unspecified atom stereocenters. The highest BCUT2D eigenvalue weighted by Gasteiger charge is 2.25. The molecule has 1 saturated carbocycles. The van der Waals surface area contributed by atoms with Crippen LogP contribution >= 0.6 is 0 Å². The van der Waals surface area contributed by atoms with Crippen LogP contribution in [0, 0.1) is 0 Å². The molecule has 2 N–H and O–H groups in total. The second-order valence-corrected chi connectivity index (χ2v) is 5.75. The van der Waals surface area contributed by atoms with Crippen LogP contribution in [0.5, 0.6) is 0 Å². The lowest BCUT2D eigenvalue weighted by Gasteiger charge is -2.21. The molecule has 120 valence electrons. The third-order valence-electron chi connectivity index (χ3n) is 4.03. The first-order valence-corrected chi connectivity index (χ1v) is 7.80. The number of benzene rings is 1. The average Bonchev–Trinajstić information content (AvgIpc) is 3.02. The summed E-state index contributed by atoms with van der Waals surface area (Å²) in [5, 5.41) is 5.71. The van der Waals surface area contributed by atoms with E-state index in [0.29, 0.717) is 0 Å². The van der Waals surface area contributed by atoms with Crippen molar-refractivity contribution in [2.24, 2.45) is 0 Å². The van der Waals surface area contributed by atoms with Gasteiger partial charge in [0.05, 0.1) is 0 Å². The molecule has 0 saturated heterocycles. The molecule has 1 aliphatic carbocycles. The molecular formula is C17H24N2O3. The number of hydrogen-bond acceptors (Lipinski definition) is 3. The molecule has 22 heavy (non-hydrogen) atoms. The number of nitrogens with one attached hydrogen (secondary N) is 2. The first kappa shape index (κ1) is 16.5. The Morgan fingerprint density at radius 1 is 1.14 bits per heavy atom. The van der Waals surface area contributed by atoms with Crippen LogP contribution in [0.15, 0.2) is 30.3 Å². The van der Waals surface area contributed by atoms with Gasteiger partial charge in [0, 0.05) is 13.2 Å². The Morgan fingerprint density at radius 3 is 2.36 bits per heavy atom. The minimum absolute atomic E-state index is 0.136. The summed E-state index contributed by atoms with van der Waals surface area (Å²) in [6, 6.07) is 8.92. The van der Waals surface area contributed by atoms with Gasteiger partial charge in [0.1, 0.15) is 6.04 Å². The fraction of sp³-hybridized carbons (Fsp3) is 0.529. The molecule has 0 heterocycles. The number of carbonyl (C=O) groups is 2. The molecule has 2 rings (SSSR count). The molecular weight excluding hydrogens is 280 g/mol. The van der Waals surface area contributed by atoms with E-state index in [1.807, 2.05) is 30.3 Å². The summed E-state index contributed by atoms with van der Waals surface area (Å²) < 4.78 is 5.27. The molecule has 0 spiro atoms. The molecule has 1 aromatic rings. The van der Waals surface area contributed by atoms with Crippen LogP contribution in [-0.4, -0.2) is 31.0 Å². The van der Waals surface area contributed by atoms with Crippen molar-refractivity contribution in [2.75, 3.05) is 7.11 Å². The van der Waals surface area contributed by atoms with E-state index in [1.165, 1.54) is 7.11 Å². The molecule has 0 bridgehead atoms. The minimum Gasteiger partial charge on any atom is -0.367 e. The van der Waals surface area contributed by atoms with Gasteiger partial charge in [0.25, 0.3) is 5.91 Å². The maximum Gasteiger partial charge on any atom is 0.254 e. The summed E-state index contributed by atoms with van der Waals surface area (Å²) in [6.07, 6.45) is 3.66. The topological polar surface area (TPSA) is 67.4 Å². The van der Waals surface area contributed by atoms with Crippen LogP contribution < -0.4 is 10.6 Å². The Kier molecular flexibility index (Phi) is 5.95. The standard InChI is InChI=1S/C17H24N2O3/c1-12(16(20)19-14-10-6-7-11-14)18-17(21)15(22-2)13-8-4-3-5-9-13/h3-5,8-9,12,14-15H,6-7,10-11H2,1-2H3,(H,18,21)(H,19,20)/t12-,15-/m0/s1. The highest BCUT2D eigenvalue weighted by molar-refractivity contribution is 5.89. The monoisotopic (exact) mass is 304 g/mol. The SMILES string of the molecule is CO[C@H](C(=O)N[C@@H](C)C(=O)NC1CCCC1)c1ccccc1. The maximum absolute atomic E-state index is 12.3. The fourth-order valence-electron chi connectivity index (χ4n) is 2.77. The third kappa shape index (κ3) is 4.31. The van der Waals surface area contributed by atoms with E-state index in [2.05, 4.69) is 10.6 Å². The molecule has 5 heteroatoms. The summed E-state index contributed by atoms with van der Waals surface area (Å²) >= 11 is 0. The first-order chi connectivity index (χ1) is 10.6. The van der Waals surface area contributed by atoms with E-state index in [4.69, 9.17) is 4.74 Å². The van der Waals surface area contributed by atoms with Crippen molar-refractivity contribution < 1.29 is 14.3 Å². The molecule has 0 radical (unpaired) electrons. The minimum atomic E-state index is -0.706. The zero-order valence-electron chi connectivity index (χ0n) is 13.2. The molecule has 0 aliphatic heterocycles. The number of hydrogen-bond donors (Lipinski definition) is 2. The molecule has 2 amide bonds. The Hall–Kier alpha value is -1.88. The first-order valence-electron chi connectivity index (χ1n) is 7.80. The summed E-state index contributed by atoms with van der Waals surface area (Å²) in [5.41, 5.74) is 0.769. The van der Waals surface area contributed by atoms with Crippen molar-refractivity contribution in [3.63, 3.8) is 0 Å². The molecule has 1 aliphatic rings.